The van der Waals surface area contributed by atoms with Gasteiger partial charge in [0.05, 0.1) is 10.4 Å². The van der Waals surface area contributed by atoms with E-state index in [4.69, 9.17) is 16.3 Å². The maximum absolute atomic E-state index is 14.2. The van der Waals surface area contributed by atoms with Gasteiger partial charge in [-0.2, -0.15) is 15.1 Å². The molecule has 0 bridgehead atoms. The quantitative estimate of drug-likeness (QED) is 0.328. The highest BCUT2D eigenvalue weighted by Crippen LogP contribution is 2.36. The van der Waals surface area contributed by atoms with E-state index in [9.17, 15) is 8.78 Å². The van der Waals surface area contributed by atoms with Gasteiger partial charge in [0.2, 0.25) is 0 Å². The number of nitrogens with zero attached hydrogens (tertiary/aromatic N) is 5. The number of nitrogens with one attached hydrogen (secondary N) is 2. The number of fused-ring (bicyclic) bond motifs is 1. The van der Waals surface area contributed by atoms with Crippen LogP contribution in [0.1, 0.15) is 6.42 Å². The van der Waals surface area contributed by atoms with Crippen LogP contribution in [0.25, 0.3) is 22.3 Å². The Morgan fingerprint density at radius 1 is 1.08 bits per heavy atom. The van der Waals surface area contributed by atoms with Crippen molar-refractivity contribution in [2.45, 2.75) is 6.42 Å². The average molecular weight is 514 g/mol. The summed E-state index contributed by atoms with van der Waals surface area (Å²) in [5.41, 5.74) is 1.73. The van der Waals surface area contributed by atoms with E-state index in [2.05, 4.69) is 42.3 Å². The molecule has 8 nitrogen and oxygen atoms in total. The second-order valence-electron chi connectivity index (χ2n) is 8.73. The second kappa shape index (κ2) is 10.7. The summed E-state index contributed by atoms with van der Waals surface area (Å²) in [5.74, 6) is -1.24. The molecule has 1 saturated heterocycles. The molecule has 0 unspecified atom stereocenters. The van der Waals surface area contributed by atoms with Crippen LogP contribution in [-0.4, -0.2) is 76.3 Å². The molecule has 2 N–H and O–H groups in total. The summed E-state index contributed by atoms with van der Waals surface area (Å²) >= 11 is 6.44. The molecule has 1 fully saturated rings. The molecule has 11 heteroatoms. The van der Waals surface area contributed by atoms with Crippen molar-refractivity contribution >= 4 is 28.5 Å². The maximum atomic E-state index is 14.2. The Labute approximate surface area is 212 Å². The monoisotopic (exact) mass is 513 g/mol. The third-order valence-corrected chi connectivity index (χ3v) is 6.49. The first-order chi connectivity index (χ1) is 17.5. The van der Waals surface area contributed by atoms with E-state index in [0.29, 0.717) is 34.1 Å². The van der Waals surface area contributed by atoms with Gasteiger partial charge in [0.15, 0.2) is 17.2 Å². The van der Waals surface area contributed by atoms with Gasteiger partial charge in [-0.05, 0) is 38.2 Å². The fourth-order valence-corrected chi connectivity index (χ4v) is 4.39. The van der Waals surface area contributed by atoms with Gasteiger partial charge in [-0.3, -0.25) is 5.10 Å². The molecule has 0 radical (unpaired) electrons. The average Bonchev–Trinajstić information content (AvgIpc) is 3.29. The maximum Gasteiger partial charge on any atom is 0.326 e. The van der Waals surface area contributed by atoms with E-state index in [1.165, 1.54) is 6.07 Å². The van der Waals surface area contributed by atoms with Gasteiger partial charge < -0.3 is 19.9 Å². The van der Waals surface area contributed by atoms with Gasteiger partial charge in [-0.15, -0.1) is 0 Å². The second-order valence-corrected chi connectivity index (χ2v) is 9.14. The Bertz CT molecular complexity index is 1360. The molecule has 5 rings (SSSR count). The topological polar surface area (TPSA) is 82.2 Å². The molecule has 188 valence electrons. The molecule has 1 aliphatic rings. The largest absolute Gasteiger partial charge is 0.421 e. The molecule has 0 amide bonds. The predicted molar refractivity (Wildman–Crippen MR) is 136 cm³/mol. The molecule has 3 heterocycles. The van der Waals surface area contributed by atoms with Crippen LogP contribution in [0.4, 0.5) is 14.6 Å². The van der Waals surface area contributed by atoms with E-state index < -0.39 is 11.6 Å². The lowest BCUT2D eigenvalue weighted by atomic mass is 10.1. The van der Waals surface area contributed by atoms with Crippen molar-refractivity contribution in [2.75, 3.05) is 51.6 Å². The van der Waals surface area contributed by atoms with E-state index in [1.54, 1.807) is 6.07 Å². The number of benzene rings is 2. The molecule has 2 aromatic heterocycles. The number of aromatic amines is 1. The number of ether oxygens (including phenoxy) is 1. The number of hydrogen-bond donors (Lipinski definition) is 2. The number of anilines is 1. The highest BCUT2D eigenvalue weighted by atomic mass is 35.5. The van der Waals surface area contributed by atoms with Crippen molar-refractivity contribution in [1.29, 1.82) is 0 Å². The summed E-state index contributed by atoms with van der Waals surface area (Å²) in [6.45, 7) is 5.84. The number of hydrogen-bond acceptors (Lipinski definition) is 7. The summed E-state index contributed by atoms with van der Waals surface area (Å²) in [7, 11) is 2.14. The normalized spacial score (nSPS) is 14.9. The number of piperazine rings is 1. The summed E-state index contributed by atoms with van der Waals surface area (Å²) in [5, 5.41) is 11.9. The van der Waals surface area contributed by atoms with Crippen LogP contribution in [-0.2, 0) is 0 Å². The van der Waals surface area contributed by atoms with Crippen LogP contribution in [0.2, 0.25) is 5.02 Å². The fraction of sp³-hybridized carbons (Fsp3) is 0.320. The van der Waals surface area contributed by atoms with E-state index >= 15 is 0 Å². The molecular weight excluding hydrogens is 488 g/mol. The van der Waals surface area contributed by atoms with Crippen molar-refractivity contribution in [2.24, 2.45) is 0 Å². The molecule has 1 aliphatic heterocycles. The van der Waals surface area contributed by atoms with Gasteiger partial charge >= 0.3 is 6.01 Å². The highest BCUT2D eigenvalue weighted by molar-refractivity contribution is 6.33. The number of H-pyrrole nitrogens is 1. The lowest BCUT2D eigenvalue weighted by Gasteiger charge is -2.32. The lowest BCUT2D eigenvalue weighted by molar-refractivity contribution is 0.154. The van der Waals surface area contributed by atoms with Gasteiger partial charge in [-0.1, -0.05) is 29.8 Å². The fourth-order valence-electron chi connectivity index (χ4n) is 4.17. The van der Waals surface area contributed by atoms with Crippen LogP contribution in [0.15, 0.2) is 42.5 Å². The predicted octanol–water partition coefficient (Wildman–Crippen LogP) is 4.79. The first-order valence-electron chi connectivity index (χ1n) is 11.8. The molecular formula is C25H26ClF2N7O. The number of likely N-dealkylation sites (N-methyl/N-ethyl adjacent to an activating group) is 1. The van der Waals surface area contributed by atoms with Crippen LogP contribution in [0, 0.1) is 11.6 Å². The Kier molecular flexibility index (Phi) is 7.26. The summed E-state index contributed by atoms with van der Waals surface area (Å²) < 4.78 is 33.1. The first-order valence-corrected chi connectivity index (χ1v) is 12.1. The molecule has 4 aromatic rings. The SMILES string of the molecule is CN1CCN(CCCNc2nc(Oc3ccc(F)cc3F)nc3[nH]nc(-c4ccccc4Cl)c23)CC1. The third-order valence-electron chi connectivity index (χ3n) is 6.16. The lowest BCUT2D eigenvalue weighted by Crippen LogP contribution is -2.44. The Morgan fingerprint density at radius 3 is 2.67 bits per heavy atom. The van der Waals surface area contributed by atoms with Crippen molar-refractivity contribution in [1.82, 2.24) is 30.0 Å². The van der Waals surface area contributed by atoms with Gasteiger partial charge in [-0.25, -0.2) is 8.78 Å². The van der Waals surface area contributed by atoms with E-state index in [0.717, 1.165) is 56.8 Å². The zero-order chi connectivity index (χ0) is 25.1. The molecule has 0 spiro atoms. The minimum Gasteiger partial charge on any atom is -0.421 e. The van der Waals surface area contributed by atoms with E-state index in [1.807, 2.05) is 18.2 Å². The summed E-state index contributed by atoms with van der Waals surface area (Å²) in [6, 6.07) is 10.3. The third kappa shape index (κ3) is 5.40. The van der Waals surface area contributed by atoms with Crippen LogP contribution in [0.5, 0.6) is 11.8 Å². The minimum atomic E-state index is -0.846. The highest BCUT2D eigenvalue weighted by Gasteiger charge is 2.20. The van der Waals surface area contributed by atoms with Gasteiger partial charge in [0.25, 0.3) is 0 Å². The van der Waals surface area contributed by atoms with Crippen LogP contribution in [0.3, 0.4) is 0 Å². The number of aromatic nitrogens is 4. The zero-order valence-electron chi connectivity index (χ0n) is 19.8. The van der Waals surface area contributed by atoms with Crippen molar-refractivity contribution in [3.63, 3.8) is 0 Å². The molecule has 0 saturated carbocycles. The number of rotatable bonds is 8. The molecule has 2 aromatic carbocycles. The Hall–Kier alpha value is -3.34. The molecule has 0 atom stereocenters. The summed E-state index contributed by atoms with van der Waals surface area (Å²) in [4.78, 5) is 13.7. The smallest absolute Gasteiger partial charge is 0.326 e. The first kappa shape index (κ1) is 24.4. The van der Waals surface area contributed by atoms with Gasteiger partial charge in [0, 0.05) is 44.4 Å². The minimum absolute atomic E-state index is 0.0936. The van der Waals surface area contributed by atoms with Crippen LogP contribution >= 0.6 is 11.6 Å². The van der Waals surface area contributed by atoms with Crippen LogP contribution < -0.4 is 10.1 Å². The molecule has 36 heavy (non-hydrogen) atoms. The standard InChI is InChI=1S/C25H26ClF2N7O/c1-34-11-13-35(14-12-34)10-4-9-29-23-21-22(17-5-2-3-6-18(17)26)32-33-24(21)31-25(30-23)36-20-8-7-16(27)15-19(20)28/h2-3,5-8,15H,4,9-14H2,1H3,(H2,29,30,31,32,33). The van der Waals surface area contributed by atoms with Crippen molar-refractivity contribution in [3.8, 4) is 23.0 Å². The van der Waals surface area contributed by atoms with Crippen molar-refractivity contribution < 1.29 is 13.5 Å². The number of halogens is 3. The van der Waals surface area contributed by atoms with Crippen molar-refractivity contribution in [3.05, 3.63) is 59.1 Å². The Balaban J connectivity index is 1.42. The summed E-state index contributed by atoms with van der Waals surface area (Å²) in [6.07, 6.45) is 0.900. The molecule has 0 aliphatic carbocycles. The van der Waals surface area contributed by atoms with Gasteiger partial charge in [0.1, 0.15) is 17.3 Å². The van der Waals surface area contributed by atoms with E-state index in [-0.39, 0.29) is 11.8 Å². The zero-order valence-corrected chi connectivity index (χ0v) is 20.5. The Morgan fingerprint density at radius 2 is 1.89 bits per heavy atom.